The molecule has 2 aliphatic heterocycles. The Labute approximate surface area is 245 Å². The normalized spacial score (nSPS) is 25.4. The first-order chi connectivity index (χ1) is 19.8. The van der Waals surface area contributed by atoms with Crippen LogP contribution in [0.3, 0.4) is 0 Å². The monoisotopic (exact) mass is 602 g/mol. The first-order valence-electron chi connectivity index (χ1n) is 14.9. The van der Waals surface area contributed by atoms with Crippen LogP contribution in [0.5, 0.6) is 0 Å². The Balaban J connectivity index is 1.63. The van der Waals surface area contributed by atoms with Crippen molar-refractivity contribution in [3.63, 3.8) is 0 Å². The maximum absolute atomic E-state index is 15.6. The fraction of sp³-hybridized carbons (Fsp3) is 0.581. The minimum atomic E-state index is -3.44. The Kier molecular flexibility index (Phi) is 8.46. The number of benzene rings is 1. The molecule has 6 bridgehead atoms. The van der Waals surface area contributed by atoms with Crippen molar-refractivity contribution in [3.05, 3.63) is 63.2 Å². The molecule has 11 heteroatoms. The molecular weight excluding hydrogens is 562 g/mol. The van der Waals surface area contributed by atoms with Crippen molar-refractivity contribution in [1.82, 2.24) is 14.5 Å². The zero-order valence-electron chi connectivity index (χ0n) is 24.5. The number of aromatic nitrogens is 3. The van der Waals surface area contributed by atoms with Crippen molar-refractivity contribution in [1.29, 1.82) is 0 Å². The van der Waals surface area contributed by atoms with Crippen molar-refractivity contribution in [2.24, 2.45) is 0 Å². The van der Waals surface area contributed by atoms with E-state index in [1.54, 1.807) is 29.7 Å². The highest BCUT2D eigenvalue weighted by Crippen LogP contribution is 2.42. The third kappa shape index (κ3) is 6.08. The number of alkyl halides is 2. The number of halogens is 2. The van der Waals surface area contributed by atoms with Crippen LogP contribution in [-0.4, -0.2) is 45.2 Å². The largest absolute Gasteiger partial charge is 0.384 e. The number of fused-ring (bicyclic) bond motifs is 2. The minimum Gasteiger partial charge on any atom is -0.384 e. The van der Waals surface area contributed by atoms with Crippen molar-refractivity contribution < 1.29 is 22.3 Å². The summed E-state index contributed by atoms with van der Waals surface area (Å²) in [5.41, 5.74) is -0.912. The van der Waals surface area contributed by atoms with E-state index in [1.807, 2.05) is 6.92 Å². The maximum atomic E-state index is 15.6. The number of anilines is 1. The molecule has 42 heavy (non-hydrogen) atoms. The Morgan fingerprint density at radius 1 is 1.05 bits per heavy atom. The van der Waals surface area contributed by atoms with Gasteiger partial charge < -0.3 is 10.4 Å². The molecule has 2 N–H and O–H groups in total. The molecule has 0 radical (unpaired) electrons. The van der Waals surface area contributed by atoms with E-state index in [9.17, 15) is 18.3 Å². The van der Waals surface area contributed by atoms with E-state index in [0.717, 1.165) is 12.8 Å². The quantitative estimate of drug-likeness (QED) is 0.364. The summed E-state index contributed by atoms with van der Waals surface area (Å²) in [6.45, 7) is 5.23. The molecule has 5 rings (SSSR count). The zero-order chi connectivity index (χ0) is 30.3. The molecule has 1 unspecified atom stereocenters. The van der Waals surface area contributed by atoms with Crippen LogP contribution >= 0.6 is 0 Å². The number of aliphatic hydroxyl groups is 1. The molecule has 0 aliphatic carbocycles. The van der Waals surface area contributed by atoms with Crippen molar-refractivity contribution >= 4 is 26.7 Å². The van der Waals surface area contributed by atoms with Gasteiger partial charge in [-0.1, -0.05) is 43.9 Å². The Morgan fingerprint density at radius 3 is 2.48 bits per heavy atom. The van der Waals surface area contributed by atoms with E-state index in [1.165, 1.54) is 19.1 Å². The van der Waals surface area contributed by atoms with Gasteiger partial charge in [0.05, 0.1) is 16.9 Å². The van der Waals surface area contributed by atoms with E-state index in [4.69, 9.17) is 0 Å². The molecule has 2 aliphatic rings. The number of hydrogen-bond acceptors (Lipinski definition) is 7. The van der Waals surface area contributed by atoms with Gasteiger partial charge in [-0.3, -0.25) is 9.36 Å². The topological polar surface area (TPSA) is 114 Å². The van der Waals surface area contributed by atoms with Gasteiger partial charge in [-0.25, -0.2) is 18.4 Å². The van der Waals surface area contributed by atoms with Crippen molar-refractivity contribution in [2.75, 3.05) is 16.8 Å². The van der Waals surface area contributed by atoms with E-state index >= 15 is 8.78 Å². The van der Waals surface area contributed by atoms with Crippen LogP contribution < -0.4 is 10.9 Å². The van der Waals surface area contributed by atoms with Crippen molar-refractivity contribution in [2.45, 2.75) is 102 Å². The summed E-state index contributed by atoms with van der Waals surface area (Å²) in [6, 6.07) is 7.46. The number of rotatable bonds is 1. The summed E-state index contributed by atoms with van der Waals surface area (Å²) in [4.78, 5) is 23.2. The smallest absolute Gasteiger partial charge is 0.300 e. The standard InChI is InChI=1S/C31H40F2N4O4S/c1-20-23-10-9-11-24(18-23)31(32,33)30(3,39)14-7-5-4-6-8-15-37-28-26(27(34-20)35-21(2)36-28)19-25(29(37)38)22-12-16-42(40,41)17-13-22/h9-11,18-20,22,39H,4-8,12-17H2,1-3H3,(H,34,35,36)/t20-,30?/m1/s1. The highest BCUT2D eigenvalue weighted by atomic mass is 32.2. The summed E-state index contributed by atoms with van der Waals surface area (Å²) < 4.78 is 57.1. The van der Waals surface area contributed by atoms with Crippen LogP contribution in [0.4, 0.5) is 14.6 Å². The SMILES string of the molecule is Cc1nc2c3cc(C4CCS(=O)(=O)CC4)c(=O)n(c3n1)CCCCCCCC(C)(O)C(F)(F)c1cccc(c1)[C@@H](C)N2. The second kappa shape index (κ2) is 11.6. The predicted octanol–water partition coefficient (Wildman–Crippen LogP) is 5.76. The number of hydrogen-bond donors (Lipinski definition) is 2. The third-order valence-electron chi connectivity index (χ3n) is 8.90. The van der Waals surface area contributed by atoms with Gasteiger partial charge in [-0.15, -0.1) is 0 Å². The van der Waals surface area contributed by atoms with Gasteiger partial charge in [-0.05, 0) is 70.1 Å². The molecule has 1 aromatic carbocycles. The van der Waals surface area contributed by atoms with Gasteiger partial charge in [0.15, 0.2) is 0 Å². The zero-order valence-corrected chi connectivity index (χ0v) is 25.3. The van der Waals surface area contributed by atoms with Crippen LogP contribution in [0, 0.1) is 6.92 Å². The lowest BCUT2D eigenvalue weighted by Crippen LogP contribution is -2.43. The van der Waals surface area contributed by atoms with E-state index in [2.05, 4.69) is 15.3 Å². The first kappa shape index (κ1) is 30.5. The average Bonchev–Trinajstić information content (AvgIpc) is 2.93. The molecule has 228 valence electrons. The summed E-state index contributed by atoms with van der Waals surface area (Å²) in [5, 5.41) is 14.8. The molecular formula is C31H40F2N4O4S. The van der Waals surface area contributed by atoms with Crippen LogP contribution in [-0.2, 0) is 22.3 Å². The maximum Gasteiger partial charge on any atom is 0.300 e. The average molecular weight is 603 g/mol. The van der Waals surface area contributed by atoms with Gasteiger partial charge >= 0.3 is 5.92 Å². The summed E-state index contributed by atoms with van der Waals surface area (Å²) in [7, 11) is -3.10. The molecule has 0 saturated carbocycles. The highest BCUT2D eigenvalue weighted by Gasteiger charge is 2.49. The number of aryl methyl sites for hydroxylation is 2. The Hall–Kier alpha value is -2.92. The molecule has 1 fully saturated rings. The second-order valence-corrected chi connectivity index (χ2v) is 14.5. The number of sulfone groups is 1. The second-order valence-electron chi connectivity index (χ2n) is 12.2. The van der Waals surface area contributed by atoms with Gasteiger partial charge in [0, 0.05) is 23.7 Å². The van der Waals surface area contributed by atoms with Gasteiger partial charge in [-0.2, -0.15) is 8.78 Å². The van der Waals surface area contributed by atoms with Gasteiger partial charge in [0.25, 0.3) is 5.56 Å². The molecule has 4 heterocycles. The lowest BCUT2D eigenvalue weighted by molar-refractivity contribution is -0.182. The van der Waals surface area contributed by atoms with Crippen LogP contribution in [0.2, 0.25) is 0 Å². The highest BCUT2D eigenvalue weighted by molar-refractivity contribution is 7.91. The fourth-order valence-corrected chi connectivity index (χ4v) is 7.71. The minimum absolute atomic E-state index is 0.0328. The van der Waals surface area contributed by atoms with Crippen LogP contribution in [0.1, 0.15) is 99.7 Å². The lowest BCUT2D eigenvalue weighted by Gasteiger charge is -2.33. The number of pyridine rings is 1. The van der Waals surface area contributed by atoms with Crippen molar-refractivity contribution in [3.8, 4) is 0 Å². The number of nitrogens with one attached hydrogen (secondary N) is 1. The fourth-order valence-electron chi connectivity index (χ4n) is 6.21. The number of nitrogens with zero attached hydrogens (tertiary/aromatic N) is 3. The molecule has 1 saturated heterocycles. The molecule has 2 atom stereocenters. The molecule has 3 aromatic rings. The molecule has 2 aromatic heterocycles. The van der Waals surface area contributed by atoms with Crippen LogP contribution in [0.25, 0.3) is 11.0 Å². The molecule has 8 nitrogen and oxygen atoms in total. The molecule has 0 spiro atoms. The Bertz CT molecular complexity index is 1620. The van der Waals surface area contributed by atoms with Gasteiger partial charge in [0.1, 0.15) is 32.7 Å². The summed E-state index contributed by atoms with van der Waals surface area (Å²) >= 11 is 0. The predicted molar refractivity (Wildman–Crippen MR) is 160 cm³/mol. The Morgan fingerprint density at radius 2 is 1.74 bits per heavy atom. The summed E-state index contributed by atoms with van der Waals surface area (Å²) in [5.74, 6) is -2.58. The van der Waals surface area contributed by atoms with E-state index in [0.29, 0.717) is 72.5 Å². The van der Waals surface area contributed by atoms with E-state index < -0.39 is 27.4 Å². The van der Waals surface area contributed by atoms with Gasteiger partial charge in [0.2, 0.25) is 0 Å². The van der Waals surface area contributed by atoms with E-state index in [-0.39, 0.29) is 35.0 Å². The third-order valence-corrected chi connectivity index (χ3v) is 10.6. The lowest BCUT2D eigenvalue weighted by atomic mass is 9.86. The summed E-state index contributed by atoms with van der Waals surface area (Å²) in [6.07, 6.45) is 4.14. The molecule has 0 amide bonds. The van der Waals surface area contributed by atoms with Crippen LogP contribution in [0.15, 0.2) is 35.1 Å². The first-order valence-corrected chi connectivity index (χ1v) is 16.7.